The lowest BCUT2D eigenvalue weighted by molar-refractivity contribution is -0.119. The van der Waals surface area contributed by atoms with E-state index in [1.807, 2.05) is 67.6 Å². The molecule has 0 spiro atoms. The molecule has 4 aromatic carbocycles. The number of nitrogens with one attached hydrogen (secondary N) is 2. The van der Waals surface area contributed by atoms with E-state index in [1.54, 1.807) is 6.21 Å². The Balaban J connectivity index is 1.30. The van der Waals surface area contributed by atoms with E-state index in [0.717, 1.165) is 27.0 Å². The van der Waals surface area contributed by atoms with Crippen molar-refractivity contribution in [2.75, 3.05) is 11.9 Å². The highest BCUT2D eigenvalue weighted by atomic mass is 79.9. The summed E-state index contributed by atoms with van der Waals surface area (Å²) in [6.07, 6.45) is 1.60. The van der Waals surface area contributed by atoms with E-state index in [1.165, 1.54) is 16.3 Å². The maximum Gasteiger partial charge on any atom is 0.259 e. The van der Waals surface area contributed by atoms with Gasteiger partial charge >= 0.3 is 0 Å². The molecule has 0 heterocycles. The first-order valence-corrected chi connectivity index (χ1v) is 11.4. The van der Waals surface area contributed by atoms with E-state index in [0.29, 0.717) is 6.61 Å². The molecule has 33 heavy (non-hydrogen) atoms. The van der Waals surface area contributed by atoms with Crippen molar-refractivity contribution in [2.24, 2.45) is 5.10 Å². The average molecular weight is 502 g/mol. The van der Waals surface area contributed by atoms with Crippen LogP contribution in [0.3, 0.4) is 0 Å². The molecule has 2 N–H and O–H groups in total. The van der Waals surface area contributed by atoms with Crippen LogP contribution in [0.25, 0.3) is 10.8 Å². The fraction of sp³-hybridized carbons (Fsp3) is 0.111. The fourth-order valence-corrected chi connectivity index (χ4v) is 3.87. The Kier molecular flexibility index (Phi) is 7.37. The molecule has 4 rings (SSSR count). The van der Waals surface area contributed by atoms with Crippen molar-refractivity contribution in [3.05, 3.63) is 106 Å². The quantitative estimate of drug-likeness (QED) is 0.228. The van der Waals surface area contributed by atoms with Gasteiger partial charge in [0.1, 0.15) is 12.4 Å². The maximum absolute atomic E-state index is 12.0. The number of carbonyl (C=O) groups excluding carboxylic acids is 1. The van der Waals surface area contributed by atoms with E-state index < -0.39 is 0 Å². The van der Waals surface area contributed by atoms with Crippen LogP contribution >= 0.6 is 15.9 Å². The summed E-state index contributed by atoms with van der Waals surface area (Å²) in [6.45, 7) is 2.63. The van der Waals surface area contributed by atoms with Crippen molar-refractivity contribution >= 4 is 44.5 Å². The van der Waals surface area contributed by atoms with Gasteiger partial charge in [-0.05, 0) is 75.1 Å². The van der Waals surface area contributed by atoms with Crippen LogP contribution in [0.2, 0.25) is 0 Å². The summed E-state index contributed by atoms with van der Waals surface area (Å²) in [5.74, 6) is 0.521. The van der Waals surface area contributed by atoms with Gasteiger partial charge in [0.05, 0.1) is 17.2 Å². The molecule has 0 unspecified atom stereocenters. The number of hydrazone groups is 1. The highest BCUT2D eigenvalue weighted by molar-refractivity contribution is 9.10. The Morgan fingerprint density at radius 3 is 2.61 bits per heavy atom. The van der Waals surface area contributed by atoms with Gasteiger partial charge in [-0.2, -0.15) is 5.10 Å². The molecule has 0 radical (unpaired) electrons. The van der Waals surface area contributed by atoms with Gasteiger partial charge in [-0.3, -0.25) is 4.79 Å². The zero-order valence-electron chi connectivity index (χ0n) is 18.2. The zero-order chi connectivity index (χ0) is 23.0. The van der Waals surface area contributed by atoms with Crippen molar-refractivity contribution in [3.8, 4) is 5.75 Å². The Labute approximate surface area is 201 Å². The number of amides is 1. The molecule has 1 amide bonds. The summed E-state index contributed by atoms with van der Waals surface area (Å²) in [4.78, 5) is 12.0. The zero-order valence-corrected chi connectivity index (χ0v) is 19.8. The molecule has 0 atom stereocenters. The topological polar surface area (TPSA) is 62.7 Å². The molecule has 0 saturated carbocycles. The second kappa shape index (κ2) is 10.8. The summed E-state index contributed by atoms with van der Waals surface area (Å²) in [7, 11) is 0. The SMILES string of the molecule is Cc1ccc(NCC(=O)N/N=C\c2ccc(OCc3cccc4ccccc34)c(Br)c2)cc1. The minimum Gasteiger partial charge on any atom is -0.488 e. The van der Waals surface area contributed by atoms with Crippen molar-refractivity contribution in [3.63, 3.8) is 0 Å². The first kappa shape index (κ1) is 22.6. The number of rotatable bonds is 8. The summed E-state index contributed by atoms with van der Waals surface area (Å²) in [6, 6.07) is 28.0. The van der Waals surface area contributed by atoms with Crippen LogP contribution in [0.15, 0.2) is 94.5 Å². The fourth-order valence-electron chi connectivity index (χ4n) is 3.36. The number of carbonyl (C=O) groups is 1. The van der Waals surface area contributed by atoms with Crippen LogP contribution in [-0.4, -0.2) is 18.7 Å². The molecule has 0 aliphatic rings. The number of ether oxygens (including phenoxy) is 1. The first-order valence-electron chi connectivity index (χ1n) is 10.6. The molecule has 6 heteroatoms. The van der Waals surface area contributed by atoms with Crippen molar-refractivity contribution in [2.45, 2.75) is 13.5 Å². The smallest absolute Gasteiger partial charge is 0.259 e. The van der Waals surface area contributed by atoms with E-state index in [2.05, 4.69) is 56.0 Å². The van der Waals surface area contributed by atoms with Crippen molar-refractivity contribution in [1.29, 1.82) is 0 Å². The number of hydrogen-bond acceptors (Lipinski definition) is 4. The molecule has 0 aliphatic carbocycles. The van der Waals surface area contributed by atoms with Crippen LogP contribution < -0.4 is 15.5 Å². The lowest BCUT2D eigenvalue weighted by atomic mass is 10.1. The van der Waals surface area contributed by atoms with Gasteiger partial charge in [0.2, 0.25) is 0 Å². The predicted octanol–water partition coefficient (Wildman–Crippen LogP) is 6.05. The van der Waals surface area contributed by atoms with E-state index in [-0.39, 0.29) is 12.5 Å². The Hall–Kier alpha value is -3.64. The van der Waals surface area contributed by atoms with Gasteiger partial charge < -0.3 is 10.1 Å². The van der Waals surface area contributed by atoms with Crippen LogP contribution in [0, 0.1) is 6.92 Å². The number of aryl methyl sites for hydroxylation is 1. The molecule has 0 aliphatic heterocycles. The molecule has 0 fully saturated rings. The molecule has 0 bridgehead atoms. The van der Waals surface area contributed by atoms with Gasteiger partial charge in [-0.15, -0.1) is 0 Å². The lowest BCUT2D eigenvalue weighted by Crippen LogP contribution is -2.25. The highest BCUT2D eigenvalue weighted by Crippen LogP contribution is 2.27. The van der Waals surface area contributed by atoms with Gasteiger partial charge in [-0.25, -0.2) is 5.43 Å². The van der Waals surface area contributed by atoms with Crippen LogP contribution in [0.4, 0.5) is 5.69 Å². The third kappa shape index (κ3) is 6.20. The molecule has 166 valence electrons. The van der Waals surface area contributed by atoms with E-state index in [9.17, 15) is 4.79 Å². The van der Waals surface area contributed by atoms with E-state index >= 15 is 0 Å². The predicted molar refractivity (Wildman–Crippen MR) is 138 cm³/mol. The van der Waals surface area contributed by atoms with Crippen LogP contribution in [0.5, 0.6) is 5.75 Å². The minimum atomic E-state index is -0.221. The van der Waals surface area contributed by atoms with Crippen LogP contribution in [0.1, 0.15) is 16.7 Å². The highest BCUT2D eigenvalue weighted by Gasteiger charge is 2.06. The summed E-state index contributed by atoms with van der Waals surface area (Å²) in [5.41, 5.74) is 6.57. The lowest BCUT2D eigenvalue weighted by Gasteiger charge is -2.11. The second-order valence-corrected chi connectivity index (χ2v) is 8.48. The molecule has 5 nitrogen and oxygen atoms in total. The van der Waals surface area contributed by atoms with Crippen molar-refractivity contribution in [1.82, 2.24) is 5.43 Å². The number of benzene rings is 4. The monoisotopic (exact) mass is 501 g/mol. The molecular weight excluding hydrogens is 478 g/mol. The number of fused-ring (bicyclic) bond motifs is 1. The maximum atomic E-state index is 12.0. The minimum absolute atomic E-state index is 0.144. The van der Waals surface area contributed by atoms with Crippen LogP contribution in [-0.2, 0) is 11.4 Å². The van der Waals surface area contributed by atoms with Gasteiger partial charge in [0.15, 0.2) is 0 Å². The number of anilines is 1. The Morgan fingerprint density at radius 2 is 1.79 bits per heavy atom. The van der Waals surface area contributed by atoms with E-state index in [4.69, 9.17) is 4.74 Å². The Bertz CT molecular complexity index is 1280. The number of nitrogens with zero attached hydrogens (tertiary/aromatic N) is 1. The molecule has 0 aromatic heterocycles. The summed E-state index contributed by atoms with van der Waals surface area (Å²) < 4.78 is 6.86. The molecule has 4 aromatic rings. The average Bonchev–Trinajstić information content (AvgIpc) is 2.83. The van der Waals surface area contributed by atoms with Gasteiger partial charge in [0, 0.05) is 5.69 Å². The molecular formula is C27H24BrN3O2. The van der Waals surface area contributed by atoms with Crippen molar-refractivity contribution < 1.29 is 9.53 Å². The number of hydrogen-bond donors (Lipinski definition) is 2. The third-order valence-electron chi connectivity index (χ3n) is 5.13. The first-order chi connectivity index (χ1) is 16.1. The third-order valence-corrected chi connectivity index (χ3v) is 5.75. The standard InChI is InChI=1S/C27H24BrN3O2/c1-19-9-12-23(13-10-19)29-17-27(32)31-30-16-20-11-14-26(25(28)15-20)33-18-22-7-4-6-21-5-2-3-8-24(21)22/h2-16,29H,17-18H2,1H3,(H,31,32)/b30-16-. The van der Waals surface area contributed by atoms with Gasteiger partial charge in [0.25, 0.3) is 5.91 Å². The Morgan fingerprint density at radius 1 is 1.00 bits per heavy atom. The van der Waals surface area contributed by atoms with Gasteiger partial charge in [-0.1, -0.05) is 60.2 Å². The normalized spacial score (nSPS) is 11.0. The molecule has 0 saturated heterocycles. The number of halogens is 1. The second-order valence-electron chi connectivity index (χ2n) is 7.63. The summed E-state index contributed by atoms with van der Waals surface area (Å²) in [5, 5.41) is 9.49. The summed E-state index contributed by atoms with van der Waals surface area (Å²) >= 11 is 3.56. The largest absolute Gasteiger partial charge is 0.488 e.